The molecule has 0 saturated carbocycles. The summed E-state index contributed by atoms with van der Waals surface area (Å²) >= 11 is 0. The number of methoxy groups -OCH3 is 1. The van der Waals surface area contributed by atoms with Crippen LogP contribution in [0.15, 0.2) is 53.4 Å². The number of para-hydroxylation sites is 1. The molecule has 166 valence electrons. The molecule has 2 aliphatic rings. The van der Waals surface area contributed by atoms with Crippen LogP contribution in [0.5, 0.6) is 5.75 Å². The number of hydrogen-bond acceptors (Lipinski definition) is 5. The van der Waals surface area contributed by atoms with Gasteiger partial charge < -0.3 is 14.5 Å². The van der Waals surface area contributed by atoms with Gasteiger partial charge in [0.05, 0.1) is 7.11 Å². The van der Waals surface area contributed by atoms with Crippen LogP contribution < -0.4 is 9.64 Å². The fraction of sp³-hybridized carbons (Fsp3) is 0.435. The summed E-state index contributed by atoms with van der Waals surface area (Å²) in [5.41, 5.74) is 1.48. The van der Waals surface area contributed by atoms with E-state index in [9.17, 15) is 13.2 Å². The summed E-state index contributed by atoms with van der Waals surface area (Å²) in [5, 5.41) is 0. The quantitative estimate of drug-likeness (QED) is 0.711. The molecule has 0 atom stereocenters. The molecule has 0 radical (unpaired) electrons. The molecule has 2 heterocycles. The van der Waals surface area contributed by atoms with Crippen LogP contribution in [0.1, 0.15) is 29.6 Å². The zero-order chi connectivity index (χ0) is 21.8. The first-order chi connectivity index (χ1) is 15.0. The van der Waals surface area contributed by atoms with Gasteiger partial charge in [0, 0.05) is 50.5 Å². The predicted octanol–water partition coefficient (Wildman–Crippen LogP) is 2.83. The van der Waals surface area contributed by atoms with Crippen molar-refractivity contribution in [1.29, 1.82) is 0 Å². The minimum absolute atomic E-state index is 0.0611. The molecule has 2 aliphatic heterocycles. The molecule has 0 unspecified atom stereocenters. The molecule has 2 aromatic rings. The second-order valence-electron chi connectivity index (χ2n) is 7.95. The largest absolute Gasteiger partial charge is 0.495 e. The topological polar surface area (TPSA) is 70.2 Å². The lowest BCUT2D eigenvalue weighted by molar-refractivity contribution is 0.0724. The summed E-state index contributed by atoms with van der Waals surface area (Å²) in [4.78, 5) is 17.0. The first-order valence-electron chi connectivity index (χ1n) is 10.8. The Bertz CT molecular complexity index is 1010. The van der Waals surface area contributed by atoms with Gasteiger partial charge in [-0.25, -0.2) is 8.42 Å². The standard InChI is InChI=1S/C23H29N3O4S/c1-30-21-11-10-19(23(27)25-12-6-3-7-13-25)18-22(21)31(28,29)26-16-14-24(15-17-26)20-8-4-2-5-9-20/h2,4-5,8-11,18H,3,6-7,12-17H2,1H3. The normalized spacial score (nSPS) is 18.1. The van der Waals surface area contributed by atoms with Crippen molar-refractivity contribution in [2.45, 2.75) is 24.2 Å². The number of nitrogens with zero attached hydrogens (tertiary/aromatic N) is 3. The number of likely N-dealkylation sites (tertiary alicyclic amines) is 1. The number of rotatable bonds is 5. The minimum Gasteiger partial charge on any atom is -0.495 e. The molecule has 2 saturated heterocycles. The van der Waals surface area contributed by atoms with Crippen LogP contribution in [0, 0.1) is 0 Å². The van der Waals surface area contributed by atoms with Gasteiger partial charge in [0.1, 0.15) is 10.6 Å². The molecular formula is C23H29N3O4S. The van der Waals surface area contributed by atoms with Gasteiger partial charge in [-0.3, -0.25) is 4.79 Å². The highest BCUT2D eigenvalue weighted by atomic mass is 32.2. The van der Waals surface area contributed by atoms with Crippen molar-refractivity contribution in [2.75, 3.05) is 51.3 Å². The lowest BCUT2D eigenvalue weighted by atomic mass is 10.1. The highest BCUT2D eigenvalue weighted by molar-refractivity contribution is 7.89. The number of amides is 1. The molecule has 0 N–H and O–H groups in total. The fourth-order valence-corrected chi connectivity index (χ4v) is 5.86. The Morgan fingerprint density at radius 2 is 1.55 bits per heavy atom. The molecule has 0 aliphatic carbocycles. The molecule has 1 amide bonds. The van der Waals surface area contributed by atoms with Gasteiger partial charge in [0.2, 0.25) is 10.0 Å². The van der Waals surface area contributed by atoms with Crippen LogP contribution in [-0.2, 0) is 10.0 Å². The SMILES string of the molecule is COc1ccc(C(=O)N2CCCCC2)cc1S(=O)(=O)N1CCN(c2ccccc2)CC1. The summed E-state index contributed by atoms with van der Waals surface area (Å²) in [7, 11) is -2.33. The van der Waals surface area contributed by atoms with Gasteiger partial charge in [0.15, 0.2) is 0 Å². The number of carbonyl (C=O) groups excluding carboxylic acids is 1. The van der Waals surface area contributed by atoms with E-state index in [0.717, 1.165) is 24.9 Å². The summed E-state index contributed by atoms with van der Waals surface area (Å²) in [6.45, 7) is 3.41. The number of carbonyl (C=O) groups is 1. The number of hydrogen-bond donors (Lipinski definition) is 0. The third-order valence-corrected chi connectivity index (χ3v) is 7.95. The maximum Gasteiger partial charge on any atom is 0.253 e. The van der Waals surface area contributed by atoms with E-state index < -0.39 is 10.0 Å². The maximum absolute atomic E-state index is 13.5. The van der Waals surface area contributed by atoms with E-state index in [1.165, 1.54) is 17.5 Å². The Balaban J connectivity index is 1.55. The average molecular weight is 444 g/mol. The van der Waals surface area contributed by atoms with Crippen molar-refractivity contribution < 1.29 is 17.9 Å². The molecule has 0 aromatic heterocycles. The van der Waals surface area contributed by atoms with Crippen LogP contribution in [0.4, 0.5) is 5.69 Å². The minimum atomic E-state index is -3.79. The van der Waals surface area contributed by atoms with Crippen LogP contribution in [0.3, 0.4) is 0 Å². The van der Waals surface area contributed by atoms with Gasteiger partial charge in [-0.05, 0) is 49.6 Å². The molecule has 7 nitrogen and oxygen atoms in total. The van der Waals surface area contributed by atoms with Gasteiger partial charge in [-0.1, -0.05) is 18.2 Å². The van der Waals surface area contributed by atoms with Crippen molar-refractivity contribution >= 4 is 21.6 Å². The molecule has 2 aromatic carbocycles. The Labute approximate surface area is 184 Å². The molecular weight excluding hydrogens is 414 g/mol. The van der Waals surface area contributed by atoms with E-state index in [1.807, 2.05) is 30.3 Å². The average Bonchev–Trinajstić information content (AvgIpc) is 2.84. The van der Waals surface area contributed by atoms with Crippen molar-refractivity contribution in [1.82, 2.24) is 9.21 Å². The maximum atomic E-state index is 13.5. The number of benzene rings is 2. The summed E-state index contributed by atoms with van der Waals surface area (Å²) in [6.07, 6.45) is 3.10. The zero-order valence-electron chi connectivity index (χ0n) is 17.9. The van der Waals surface area contributed by atoms with Gasteiger partial charge in [-0.2, -0.15) is 4.31 Å². The van der Waals surface area contributed by atoms with Crippen molar-refractivity contribution in [2.24, 2.45) is 0 Å². The number of piperidine rings is 1. The van der Waals surface area contributed by atoms with Gasteiger partial charge >= 0.3 is 0 Å². The summed E-state index contributed by atoms with van der Waals surface area (Å²) in [6, 6.07) is 14.7. The van der Waals surface area contributed by atoms with E-state index in [1.54, 1.807) is 17.0 Å². The molecule has 0 bridgehead atoms. The smallest absolute Gasteiger partial charge is 0.253 e. The number of sulfonamides is 1. The molecule has 31 heavy (non-hydrogen) atoms. The number of ether oxygens (including phenoxy) is 1. The first kappa shape index (κ1) is 21.6. The summed E-state index contributed by atoms with van der Waals surface area (Å²) in [5.74, 6) is 0.147. The first-order valence-corrected chi connectivity index (χ1v) is 12.2. The Hall–Kier alpha value is -2.58. The molecule has 2 fully saturated rings. The van der Waals surface area contributed by atoms with Gasteiger partial charge in [0.25, 0.3) is 5.91 Å². The van der Waals surface area contributed by atoms with Crippen LogP contribution in [0.25, 0.3) is 0 Å². The van der Waals surface area contributed by atoms with Crippen molar-refractivity contribution in [3.05, 3.63) is 54.1 Å². The van der Waals surface area contributed by atoms with Crippen LogP contribution in [-0.4, -0.2) is 69.9 Å². The highest BCUT2D eigenvalue weighted by Crippen LogP contribution is 2.30. The monoisotopic (exact) mass is 443 g/mol. The number of anilines is 1. The second kappa shape index (κ2) is 9.28. The van der Waals surface area contributed by atoms with E-state index in [-0.39, 0.29) is 16.6 Å². The number of piperazine rings is 1. The third kappa shape index (κ3) is 4.55. The third-order valence-electron chi connectivity index (χ3n) is 6.03. The van der Waals surface area contributed by atoms with Crippen molar-refractivity contribution in [3.8, 4) is 5.75 Å². The van der Waals surface area contributed by atoms with Crippen LogP contribution in [0.2, 0.25) is 0 Å². The lowest BCUT2D eigenvalue weighted by Crippen LogP contribution is -2.48. The molecule has 4 rings (SSSR count). The van der Waals surface area contributed by atoms with E-state index in [4.69, 9.17) is 4.74 Å². The van der Waals surface area contributed by atoms with E-state index >= 15 is 0 Å². The Morgan fingerprint density at radius 3 is 2.19 bits per heavy atom. The second-order valence-corrected chi connectivity index (χ2v) is 9.85. The van der Waals surface area contributed by atoms with Gasteiger partial charge in [-0.15, -0.1) is 0 Å². The Kier molecular flexibility index (Phi) is 6.48. The fourth-order valence-electron chi connectivity index (χ4n) is 4.26. The van der Waals surface area contributed by atoms with Crippen LogP contribution >= 0.6 is 0 Å². The predicted molar refractivity (Wildman–Crippen MR) is 120 cm³/mol. The molecule has 0 spiro atoms. The Morgan fingerprint density at radius 1 is 0.871 bits per heavy atom. The summed E-state index contributed by atoms with van der Waals surface area (Å²) < 4.78 is 33.8. The van der Waals surface area contributed by atoms with E-state index in [2.05, 4.69) is 4.90 Å². The van der Waals surface area contributed by atoms with Crippen molar-refractivity contribution in [3.63, 3.8) is 0 Å². The molecule has 8 heteroatoms. The lowest BCUT2D eigenvalue weighted by Gasteiger charge is -2.35. The van der Waals surface area contributed by atoms with E-state index in [0.29, 0.717) is 44.8 Å². The highest BCUT2D eigenvalue weighted by Gasteiger charge is 2.32. The zero-order valence-corrected chi connectivity index (χ0v) is 18.7.